The van der Waals surface area contributed by atoms with Crippen molar-refractivity contribution in [1.82, 2.24) is 0 Å². The second-order valence-corrected chi connectivity index (χ2v) is 3.74. The van der Waals surface area contributed by atoms with Gasteiger partial charge >= 0.3 is 5.97 Å². The van der Waals surface area contributed by atoms with Gasteiger partial charge in [0.15, 0.2) is 5.82 Å². The predicted octanol–water partition coefficient (Wildman–Crippen LogP) is 2.10. The Morgan fingerprint density at radius 2 is 2.06 bits per heavy atom. The van der Waals surface area contributed by atoms with E-state index in [0.29, 0.717) is 0 Å². The van der Waals surface area contributed by atoms with Gasteiger partial charge in [0.05, 0.1) is 10.2 Å². The van der Waals surface area contributed by atoms with Crippen LogP contribution in [0.15, 0.2) is 21.7 Å². The molecule has 2 N–H and O–H groups in total. The van der Waals surface area contributed by atoms with Gasteiger partial charge in [-0.25, -0.2) is 9.18 Å². The molecule has 0 saturated carbocycles. The minimum atomic E-state index is -1.50. The number of carbonyl (C=O) groups is 1. The van der Waals surface area contributed by atoms with Gasteiger partial charge in [-0.05, 0) is 28.1 Å². The molecular weight excluding hydrogens is 307 g/mol. The quantitative estimate of drug-likeness (QED) is 0.656. The van der Waals surface area contributed by atoms with E-state index in [-0.39, 0.29) is 10.2 Å². The molecule has 0 radical (unpaired) electrons. The van der Waals surface area contributed by atoms with E-state index in [4.69, 9.17) is 15.6 Å². The van der Waals surface area contributed by atoms with Crippen LogP contribution in [0.2, 0.25) is 0 Å². The Morgan fingerprint density at radius 1 is 1.44 bits per heavy atom. The normalized spacial score (nSPS) is 8.89. The molecule has 8 heteroatoms. The highest BCUT2D eigenvalue weighted by Crippen LogP contribution is 2.26. The Labute approximate surface area is 109 Å². The fourth-order valence-electron chi connectivity index (χ4n) is 1.04. The summed E-state index contributed by atoms with van der Waals surface area (Å²) in [7, 11) is 0. The van der Waals surface area contributed by atoms with E-state index >= 15 is 0 Å². The summed E-state index contributed by atoms with van der Waals surface area (Å²) < 4.78 is 13.5. The highest BCUT2D eigenvalue weighted by molar-refractivity contribution is 9.10. The van der Waals surface area contributed by atoms with Crippen molar-refractivity contribution < 1.29 is 14.3 Å². The highest BCUT2D eigenvalue weighted by atomic mass is 79.9. The number of nitrogens with zero attached hydrogens (tertiary/aromatic N) is 3. The molecule has 0 fully saturated rings. The zero-order chi connectivity index (χ0) is 13.7. The first kappa shape index (κ1) is 13.6. The van der Waals surface area contributed by atoms with Crippen molar-refractivity contribution in [2.24, 2.45) is 5.10 Å². The molecule has 0 atom stereocenters. The lowest BCUT2D eigenvalue weighted by atomic mass is 10.1. The largest absolute Gasteiger partial charge is 0.478 e. The van der Waals surface area contributed by atoms with Crippen LogP contribution in [-0.2, 0) is 0 Å². The van der Waals surface area contributed by atoms with Crippen LogP contribution in [0.1, 0.15) is 10.4 Å². The smallest absolute Gasteiger partial charge is 0.340 e. The van der Waals surface area contributed by atoms with Crippen LogP contribution in [0.3, 0.4) is 0 Å². The lowest BCUT2D eigenvalue weighted by Crippen LogP contribution is -2.07. The molecule has 0 saturated heterocycles. The molecule has 0 aliphatic rings. The molecule has 1 aromatic rings. The summed E-state index contributed by atoms with van der Waals surface area (Å²) in [4.78, 5) is 10.9. The van der Waals surface area contributed by atoms with E-state index in [0.717, 1.165) is 0 Å². The second-order valence-electron chi connectivity index (χ2n) is 2.88. The lowest BCUT2D eigenvalue weighted by Gasteiger charge is -2.07. The molecular formula is C10H4BrFN4O2. The number of halogens is 2. The van der Waals surface area contributed by atoms with Gasteiger partial charge in [-0.2, -0.15) is 15.6 Å². The number of anilines is 1. The molecule has 0 spiro atoms. The number of benzene rings is 1. The fraction of sp³-hybridized carbons (Fsp3) is 0. The van der Waals surface area contributed by atoms with Crippen molar-refractivity contribution in [3.05, 3.63) is 28.0 Å². The Kier molecular flexibility index (Phi) is 4.35. The van der Waals surface area contributed by atoms with Gasteiger partial charge in [-0.1, -0.05) is 0 Å². The van der Waals surface area contributed by atoms with Gasteiger partial charge in [0.25, 0.3) is 0 Å². The maximum Gasteiger partial charge on any atom is 0.340 e. The van der Waals surface area contributed by atoms with Crippen molar-refractivity contribution in [2.75, 3.05) is 5.43 Å². The number of hydrogen-bond donors (Lipinski definition) is 2. The number of hydrazone groups is 1. The average Bonchev–Trinajstić information content (AvgIpc) is 2.34. The van der Waals surface area contributed by atoms with Crippen LogP contribution in [0, 0.1) is 28.5 Å². The summed E-state index contributed by atoms with van der Waals surface area (Å²) in [5.74, 6) is -2.47. The Hall–Kier alpha value is -2.45. The first-order chi connectivity index (χ1) is 8.51. The molecule has 18 heavy (non-hydrogen) atoms. The van der Waals surface area contributed by atoms with E-state index in [9.17, 15) is 9.18 Å². The van der Waals surface area contributed by atoms with E-state index in [1.54, 1.807) is 0 Å². The van der Waals surface area contributed by atoms with E-state index in [1.165, 1.54) is 24.3 Å². The Balaban J connectivity index is 3.24. The number of nitriles is 2. The van der Waals surface area contributed by atoms with Crippen LogP contribution < -0.4 is 5.43 Å². The molecule has 1 aromatic carbocycles. The Morgan fingerprint density at radius 3 is 2.56 bits per heavy atom. The molecule has 0 aliphatic carbocycles. The number of nitrogens with one attached hydrogen (secondary N) is 1. The average molecular weight is 311 g/mol. The number of carboxylic acids is 1. The molecule has 0 heterocycles. The van der Waals surface area contributed by atoms with Gasteiger partial charge in [0.1, 0.15) is 17.7 Å². The van der Waals surface area contributed by atoms with Gasteiger partial charge in [-0.15, -0.1) is 0 Å². The zero-order valence-electron chi connectivity index (χ0n) is 8.61. The van der Waals surface area contributed by atoms with Gasteiger partial charge < -0.3 is 5.11 Å². The number of rotatable bonds is 3. The first-order valence-corrected chi connectivity index (χ1v) is 5.15. The second kappa shape index (κ2) is 5.75. The van der Waals surface area contributed by atoms with Crippen LogP contribution >= 0.6 is 15.9 Å². The van der Waals surface area contributed by atoms with Gasteiger partial charge in [0, 0.05) is 0 Å². The van der Waals surface area contributed by atoms with Gasteiger partial charge in [0.2, 0.25) is 5.71 Å². The number of hydrogen-bond acceptors (Lipinski definition) is 5. The minimum absolute atomic E-state index is 0.0183. The molecule has 0 amide bonds. The van der Waals surface area contributed by atoms with Crippen LogP contribution in [-0.4, -0.2) is 16.8 Å². The molecule has 0 bridgehead atoms. The van der Waals surface area contributed by atoms with Crippen LogP contribution in [0.25, 0.3) is 0 Å². The molecule has 1 rings (SSSR count). The van der Waals surface area contributed by atoms with Crippen molar-refractivity contribution in [3.8, 4) is 12.1 Å². The summed E-state index contributed by atoms with van der Waals surface area (Å²) in [5.41, 5.74) is 0.864. The van der Waals surface area contributed by atoms with Gasteiger partial charge in [-0.3, -0.25) is 5.43 Å². The van der Waals surface area contributed by atoms with E-state index in [2.05, 4.69) is 26.5 Å². The van der Waals surface area contributed by atoms with Crippen molar-refractivity contribution in [2.45, 2.75) is 0 Å². The molecule has 0 aliphatic heterocycles. The van der Waals surface area contributed by atoms with E-state index < -0.39 is 23.1 Å². The van der Waals surface area contributed by atoms with Crippen molar-refractivity contribution in [1.29, 1.82) is 10.5 Å². The topological polar surface area (TPSA) is 109 Å². The summed E-state index contributed by atoms with van der Waals surface area (Å²) in [6.07, 6.45) is 0. The standard InChI is InChI=1S/C10H4BrFN4O2/c11-6-1-2-7(8(9(6)12)10(17)18)16-15-5(3-13)4-14/h1-2,16H,(H,17,18). The van der Waals surface area contributed by atoms with E-state index in [1.807, 2.05) is 0 Å². The third-order valence-corrected chi connectivity index (χ3v) is 2.42. The fourth-order valence-corrected chi connectivity index (χ4v) is 1.37. The van der Waals surface area contributed by atoms with Crippen molar-refractivity contribution in [3.63, 3.8) is 0 Å². The first-order valence-electron chi connectivity index (χ1n) is 4.36. The minimum Gasteiger partial charge on any atom is -0.478 e. The molecule has 0 aromatic heterocycles. The lowest BCUT2D eigenvalue weighted by molar-refractivity contribution is 0.0693. The SMILES string of the molecule is N#CC(C#N)=NNc1ccc(Br)c(F)c1C(=O)O. The Bertz CT molecular complexity index is 600. The monoisotopic (exact) mass is 310 g/mol. The molecule has 6 nitrogen and oxygen atoms in total. The third kappa shape index (κ3) is 2.81. The maximum atomic E-state index is 13.6. The van der Waals surface area contributed by atoms with Crippen molar-refractivity contribution >= 4 is 33.3 Å². The van der Waals surface area contributed by atoms with Crippen LogP contribution in [0.4, 0.5) is 10.1 Å². The highest BCUT2D eigenvalue weighted by Gasteiger charge is 2.18. The maximum absolute atomic E-state index is 13.6. The predicted molar refractivity (Wildman–Crippen MR) is 63.3 cm³/mol. The summed E-state index contributed by atoms with van der Waals surface area (Å²) in [6, 6.07) is 5.48. The zero-order valence-corrected chi connectivity index (χ0v) is 10.2. The summed E-state index contributed by atoms with van der Waals surface area (Å²) in [6.45, 7) is 0. The third-order valence-electron chi connectivity index (χ3n) is 1.81. The summed E-state index contributed by atoms with van der Waals surface area (Å²) >= 11 is 2.85. The van der Waals surface area contributed by atoms with Crippen LogP contribution in [0.5, 0.6) is 0 Å². The molecule has 0 unspecified atom stereocenters. The number of carboxylic acid groups (broad SMARTS) is 1. The summed E-state index contributed by atoms with van der Waals surface area (Å²) in [5, 5.41) is 29.1. The molecule has 90 valence electrons. The number of aromatic carboxylic acids is 1.